The van der Waals surface area contributed by atoms with Crippen LogP contribution in [-0.4, -0.2) is 24.1 Å². The highest BCUT2D eigenvalue weighted by molar-refractivity contribution is 6.35. The third kappa shape index (κ3) is 3.71. The SMILES string of the molecule is O=C(N/N=C\c1ccccc1)C(=O)NC1CC1. The van der Waals surface area contributed by atoms with Gasteiger partial charge in [-0.05, 0) is 18.4 Å². The summed E-state index contributed by atoms with van der Waals surface area (Å²) in [5, 5.41) is 6.28. The molecule has 0 saturated heterocycles. The average Bonchev–Trinajstić information content (AvgIpc) is 3.14. The summed E-state index contributed by atoms with van der Waals surface area (Å²) in [5.41, 5.74) is 3.04. The molecule has 1 fully saturated rings. The fraction of sp³-hybridized carbons (Fsp3) is 0.250. The quantitative estimate of drug-likeness (QED) is 0.449. The van der Waals surface area contributed by atoms with Gasteiger partial charge in [-0.1, -0.05) is 30.3 Å². The molecule has 88 valence electrons. The van der Waals surface area contributed by atoms with E-state index in [1.807, 2.05) is 30.3 Å². The molecule has 5 nitrogen and oxygen atoms in total. The fourth-order valence-electron chi connectivity index (χ4n) is 1.23. The Balaban J connectivity index is 1.79. The third-order valence-electron chi connectivity index (χ3n) is 2.30. The highest BCUT2D eigenvalue weighted by atomic mass is 16.2. The number of carbonyl (C=O) groups excluding carboxylic acids is 2. The van der Waals surface area contributed by atoms with E-state index in [1.165, 1.54) is 6.21 Å². The molecular weight excluding hydrogens is 218 g/mol. The highest BCUT2D eigenvalue weighted by Crippen LogP contribution is 2.18. The van der Waals surface area contributed by atoms with Crippen LogP contribution in [0.1, 0.15) is 18.4 Å². The molecular formula is C12H13N3O2. The van der Waals surface area contributed by atoms with Crippen LogP contribution in [0.15, 0.2) is 35.4 Å². The molecule has 1 aliphatic carbocycles. The summed E-state index contributed by atoms with van der Waals surface area (Å²) in [7, 11) is 0. The molecule has 2 N–H and O–H groups in total. The Kier molecular flexibility index (Phi) is 3.49. The number of hydrazone groups is 1. The second-order valence-corrected chi connectivity index (χ2v) is 3.86. The first-order valence-corrected chi connectivity index (χ1v) is 5.44. The molecule has 1 aromatic rings. The van der Waals surface area contributed by atoms with Gasteiger partial charge < -0.3 is 5.32 Å². The van der Waals surface area contributed by atoms with Gasteiger partial charge in [0.1, 0.15) is 0 Å². The van der Waals surface area contributed by atoms with Crippen LogP contribution >= 0.6 is 0 Å². The second-order valence-electron chi connectivity index (χ2n) is 3.86. The van der Waals surface area contributed by atoms with Crippen LogP contribution in [-0.2, 0) is 9.59 Å². The molecule has 0 unspecified atom stereocenters. The maximum atomic E-state index is 11.3. The lowest BCUT2D eigenvalue weighted by Gasteiger charge is -2.00. The molecule has 0 atom stereocenters. The predicted octanol–water partition coefficient (Wildman–Crippen LogP) is 0.415. The van der Waals surface area contributed by atoms with E-state index in [-0.39, 0.29) is 6.04 Å². The lowest BCUT2D eigenvalue weighted by atomic mass is 10.2. The van der Waals surface area contributed by atoms with Crippen molar-refractivity contribution < 1.29 is 9.59 Å². The molecule has 1 aliphatic rings. The average molecular weight is 231 g/mol. The van der Waals surface area contributed by atoms with Crippen molar-refractivity contribution in [2.75, 3.05) is 0 Å². The maximum Gasteiger partial charge on any atom is 0.329 e. The Morgan fingerprint density at radius 1 is 1.18 bits per heavy atom. The van der Waals surface area contributed by atoms with Crippen molar-refractivity contribution in [3.63, 3.8) is 0 Å². The lowest BCUT2D eigenvalue weighted by Crippen LogP contribution is -2.38. The van der Waals surface area contributed by atoms with Gasteiger partial charge in [-0.25, -0.2) is 5.43 Å². The molecule has 2 rings (SSSR count). The first-order valence-electron chi connectivity index (χ1n) is 5.44. The van der Waals surface area contributed by atoms with Crippen LogP contribution in [0.25, 0.3) is 0 Å². The lowest BCUT2D eigenvalue weighted by molar-refractivity contribution is -0.139. The zero-order valence-electron chi connectivity index (χ0n) is 9.22. The van der Waals surface area contributed by atoms with E-state index in [0.29, 0.717) is 0 Å². The minimum atomic E-state index is -0.732. The Morgan fingerprint density at radius 2 is 1.88 bits per heavy atom. The van der Waals surface area contributed by atoms with E-state index in [1.54, 1.807) is 0 Å². The smallest absolute Gasteiger partial charge is 0.329 e. The topological polar surface area (TPSA) is 70.6 Å². The summed E-state index contributed by atoms with van der Waals surface area (Å²) >= 11 is 0. The molecule has 0 radical (unpaired) electrons. The normalized spacial score (nSPS) is 14.6. The van der Waals surface area contributed by atoms with Crippen LogP contribution < -0.4 is 10.7 Å². The number of nitrogens with one attached hydrogen (secondary N) is 2. The van der Waals surface area contributed by atoms with E-state index in [9.17, 15) is 9.59 Å². The third-order valence-corrected chi connectivity index (χ3v) is 2.30. The zero-order chi connectivity index (χ0) is 12.1. The Morgan fingerprint density at radius 3 is 2.53 bits per heavy atom. The van der Waals surface area contributed by atoms with Crippen molar-refractivity contribution in [1.29, 1.82) is 0 Å². The van der Waals surface area contributed by atoms with Gasteiger partial charge in [-0.2, -0.15) is 5.10 Å². The van der Waals surface area contributed by atoms with Gasteiger partial charge in [0.2, 0.25) is 0 Å². The molecule has 0 aromatic heterocycles. The van der Waals surface area contributed by atoms with Gasteiger partial charge in [0.05, 0.1) is 6.21 Å². The van der Waals surface area contributed by atoms with Gasteiger partial charge in [-0.15, -0.1) is 0 Å². The van der Waals surface area contributed by atoms with Crippen molar-refractivity contribution >= 4 is 18.0 Å². The zero-order valence-corrected chi connectivity index (χ0v) is 9.22. The summed E-state index contributed by atoms with van der Waals surface area (Å²) < 4.78 is 0. The van der Waals surface area contributed by atoms with Crippen molar-refractivity contribution in [2.45, 2.75) is 18.9 Å². The van der Waals surface area contributed by atoms with Crippen LogP contribution in [0.2, 0.25) is 0 Å². The van der Waals surface area contributed by atoms with E-state index in [4.69, 9.17) is 0 Å². The van der Waals surface area contributed by atoms with Gasteiger partial charge in [0, 0.05) is 6.04 Å². The number of nitrogens with zero attached hydrogens (tertiary/aromatic N) is 1. The number of benzene rings is 1. The maximum absolute atomic E-state index is 11.3. The van der Waals surface area contributed by atoms with E-state index < -0.39 is 11.8 Å². The number of hydrogen-bond acceptors (Lipinski definition) is 3. The van der Waals surface area contributed by atoms with E-state index >= 15 is 0 Å². The first-order chi connectivity index (χ1) is 8.25. The fourth-order valence-corrected chi connectivity index (χ4v) is 1.23. The summed E-state index contributed by atoms with van der Waals surface area (Å²) in [6.45, 7) is 0. The molecule has 1 aromatic carbocycles. The Labute approximate surface area is 98.9 Å². The van der Waals surface area contributed by atoms with Gasteiger partial charge in [0.15, 0.2) is 0 Å². The molecule has 0 aliphatic heterocycles. The summed E-state index contributed by atoms with van der Waals surface area (Å²) in [6.07, 6.45) is 3.39. The van der Waals surface area contributed by atoms with Crippen LogP contribution in [0.3, 0.4) is 0 Å². The minimum Gasteiger partial charge on any atom is -0.345 e. The highest BCUT2D eigenvalue weighted by Gasteiger charge is 2.26. The molecule has 0 heterocycles. The van der Waals surface area contributed by atoms with E-state index in [0.717, 1.165) is 18.4 Å². The van der Waals surface area contributed by atoms with Gasteiger partial charge in [-0.3, -0.25) is 9.59 Å². The second kappa shape index (κ2) is 5.25. The van der Waals surface area contributed by atoms with Crippen molar-refractivity contribution in [3.8, 4) is 0 Å². The Hall–Kier alpha value is -2.17. The molecule has 2 amide bonds. The summed E-state index contributed by atoms with van der Waals surface area (Å²) in [4.78, 5) is 22.5. The summed E-state index contributed by atoms with van der Waals surface area (Å²) in [5.74, 6) is -1.36. The van der Waals surface area contributed by atoms with Gasteiger partial charge >= 0.3 is 11.8 Å². The monoisotopic (exact) mass is 231 g/mol. The molecule has 1 saturated carbocycles. The number of amides is 2. The minimum absolute atomic E-state index is 0.173. The number of hydrogen-bond donors (Lipinski definition) is 2. The van der Waals surface area contributed by atoms with Crippen LogP contribution in [0.5, 0.6) is 0 Å². The largest absolute Gasteiger partial charge is 0.345 e. The molecule has 0 spiro atoms. The molecule has 5 heteroatoms. The van der Waals surface area contributed by atoms with Crippen LogP contribution in [0.4, 0.5) is 0 Å². The van der Waals surface area contributed by atoms with Crippen molar-refractivity contribution in [2.24, 2.45) is 5.10 Å². The van der Waals surface area contributed by atoms with E-state index in [2.05, 4.69) is 15.8 Å². The summed E-state index contributed by atoms with van der Waals surface area (Å²) in [6, 6.07) is 9.48. The van der Waals surface area contributed by atoms with Crippen molar-refractivity contribution in [3.05, 3.63) is 35.9 Å². The van der Waals surface area contributed by atoms with Crippen molar-refractivity contribution in [1.82, 2.24) is 10.7 Å². The molecule has 17 heavy (non-hydrogen) atoms. The first kappa shape index (κ1) is 11.3. The standard InChI is InChI=1S/C12H13N3O2/c16-11(14-10-6-7-10)12(17)15-13-8-9-4-2-1-3-5-9/h1-5,8,10H,6-7H2,(H,14,16)(H,15,17)/b13-8-. The number of rotatable bonds is 3. The Bertz CT molecular complexity index is 438. The van der Waals surface area contributed by atoms with Crippen LogP contribution in [0, 0.1) is 0 Å². The molecule has 0 bridgehead atoms. The van der Waals surface area contributed by atoms with Gasteiger partial charge in [0.25, 0.3) is 0 Å². The number of carbonyl (C=O) groups is 2. The predicted molar refractivity (Wildman–Crippen MR) is 63.3 cm³/mol.